The molecule has 0 saturated carbocycles. The highest BCUT2D eigenvalue weighted by molar-refractivity contribution is 6.38. The average molecular weight is 504 g/mol. The van der Waals surface area contributed by atoms with Crippen molar-refractivity contribution in [2.24, 2.45) is 0 Å². The van der Waals surface area contributed by atoms with Crippen LogP contribution in [0.5, 0.6) is 11.5 Å². The zero-order chi connectivity index (χ0) is 25.6. The van der Waals surface area contributed by atoms with Gasteiger partial charge in [0, 0.05) is 6.07 Å². The lowest BCUT2D eigenvalue weighted by Gasteiger charge is -2.12. The number of nitro benzene ring substituents is 1. The van der Waals surface area contributed by atoms with Crippen molar-refractivity contribution in [1.29, 1.82) is 0 Å². The fraction of sp³-hybridized carbons (Fsp3) is 0.200. The third-order valence-corrected chi connectivity index (χ3v) is 4.35. The lowest BCUT2D eigenvalue weighted by Crippen LogP contribution is -2.24. The van der Waals surface area contributed by atoms with Gasteiger partial charge >= 0.3 is 18.1 Å². The maximum Gasteiger partial charge on any atom is 0.416 e. The molecule has 0 aliphatic heterocycles. The number of Topliss-reactive ketones (excluding diaryl/α,β-unsaturated/α-hetero) is 2. The molecule has 0 bridgehead atoms. The topological polar surface area (TPSA) is 139 Å². The molecule has 0 radical (unpaired) electrons. The highest BCUT2D eigenvalue weighted by Crippen LogP contribution is 2.37. The molecular formula is C20H13ClF3NO9. The van der Waals surface area contributed by atoms with Crippen molar-refractivity contribution in [3.8, 4) is 11.5 Å². The highest BCUT2D eigenvalue weighted by atomic mass is 35.5. The molecule has 0 atom stereocenters. The van der Waals surface area contributed by atoms with Crippen molar-refractivity contribution < 1.29 is 51.5 Å². The van der Waals surface area contributed by atoms with Crippen LogP contribution in [-0.4, -0.2) is 42.1 Å². The van der Waals surface area contributed by atoms with E-state index in [1.165, 1.54) is 0 Å². The van der Waals surface area contributed by atoms with E-state index in [9.17, 15) is 42.5 Å². The Morgan fingerprint density at radius 1 is 1.09 bits per heavy atom. The van der Waals surface area contributed by atoms with Crippen molar-refractivity contribution in [1.82, 2.24) is 0 Å². The van der Waals surface area contributed by atoms with E-state index >= 15 is 0 Å². The van der Waals surface area contributed by atoms with E-state index in [1.54, 1.807) is 0 Å². The lowest BCUT2D eigenvalue weighted by atomic mass is 10.0. The van der Waals surface area contributed by atoms with Crippen molar-refractivity contribution in [2.75, 3.05) is 13.7 Å². The number of ketones is 2. The molecule has 0 heterocycles. The van der Waals surface area contributed by atoms with Crippen molar-refractivity contribution in [3.63, 3.8) is 0 Å². The van der Waals surface area contributed by atoms with Crippen LogP contribution in [0.4, 0.5) is 18.9 Å². The van der Waals surface area contributed by atoms with Gasteiger partial charge in [0.25, 0.3) is 5.69 Å². The number of hydrogen-bond donors (Lipinski definition) is 0. The van der Waals surface area contributed by atoms with Gasteiger partial charge in [-0.25, -0.2) is 9.59 Å². The smallest absolute Gasteiger partial charge is 0.416 e. The molecule has 2 rings (SSSR count). The second kappa shape index (κ2) is 10.7. The third-order valence-electron chi connectivity index (χ3n) is 4.05. The van der Waals surface area contributed by atoms with Crippen LogP contribution in [0.1, 0.15) is 22.3 Å². The molecule has 0 unspecified atom stereocenters. The van der Waals surface area contributed by atoms with Crippen LogP contribution in [0.15, 0.2) is 36.4 Å². The summed E-state index contributed by atoms with van der Waals surface area (Å²) in [7, 11) is 1.01. The van der Waals surface area contributed by atoms with E-state index in [1.807, 2.05) is 0 Å². The molecule has 0 spiro atoms. The predicted molar refractivity (Wildman–Crippen MR) is 107 cm³/mol. The number of carbonyl (C=O) groups excluding carboxylic acids is 4. The minimum Gasteiger partial charge on any atom is -0.466 e. The number of ether oxygens (including phenoxy) is 3. The summed E-state index contributed by atoms with van der Waals surface area (Å²) in [6, 6.07) is 4.98. The van der Waals surface area contributed by atoms with Gasteiger partial charge in [-0.15, -0.1) is 0 Å². The quantitative estimate of drug-likeness (QED) is 0.124. The summed E-state index contributed by atoms with van der Waals surface area (Å²) in [5.41, 5.74) is -2.40. The normalized spacial score (nSPS) is 10.9. The maximum absolute atomic E-state index is 12.8. The van der Waals surface area contributed by atoms with Crippen LogP contribution in [0.25, 0.3) is 0 Å². The largest absolute Gasteiger partial charge is 0.466 e. The van der Waals surface area contributed by atoms with Gasteiger partial charge in [-0.2, -0.15) is 13.2 Å². The molecule has 2 aromatic carbocycles. The fourth-order valence-corrected chi connectivity index (χ4v) is 2.64. The number of rotatable bonds is 9. The molecule has 0 amide bonds. The van der Waals surface area contributed by atoms with Crippen LogP contribution < -0.4 is 4.74 Å². The summed E-state index contributed by atoms with van der Waals surface area (Å²) in [5.74, 6) is -5.52. The zero-order valence-electron chi connectivity index (χ0n) is 17.0. The first-order valence-corrected chi connectivity index (χ1v) is 9.34. The fourth-order valence-electron chi connectivity index (χ4n) is 2.43. The summed E-state index contributed by atoms with van der Waals surface area (Å²) in [6.45, 7) is -0.882. The Morgan fingerprint density at radius 2 is 1.76 bits per heavy atom. The number of benzene rings is 2. The van der Waals surface area contributed by atoms with Gasteiger partial charge in [0.05, 0.1) is 34.6 Å². The lowest BCUT2D eigenvalue weighted by molar-refractivity contribution is -0.385. The Labute approximate surface area is 193 Å². The number of esters is 2. The van der Waals surface area contributed by atoms with Crippen molar-refractivity contribution in [3.05, 3.63) is 62.7 Å². The zero-order valence-corrected chi connectivity index (χ0v) is 17.8. The van der Waals surface area contributed by atoms with Crippen LogP contribution in [0.3, 0.4) is 0 Å². The van der Waals surface area contributed by atoms with Crippen LogP contribution in [-0.2, 0) is 30.0 Å². The Balaban J connectivity index is 2.25. The van der Waals surface area contributed by atoms with E-state index in [0.29, 0.717) is 12.1 Å². The Bertz CT molecular complexity index is 1160. The van der Waals surface area contributed by atoms with E-state index in [-0.39, 0.29) is 11.5 Å². The van der Waals surface area contributed by atoms with Gasteiger partial charge in [0.1, 0.15) is 11.5 Å². The summed E-state index contributed by atoms with van der Waals surface area (Å²) in [4.78, 5) is 57.3. The van der Waals surface area contributed by atoms with E-state index in [2.05, 4.69) is 9.47 Å². The van der Waals surface area contributed by atoms with Crippen molar-refractivity contribution in [2.45, 2.75) is 12.6 Å². The minimum atomic E-state index is -4.65. The Morgan fingerprint density at radius 3 is 2.32 bits per heavy atom. The number of alkyl halides is 3. The van der Waals surface area contributed by atoms with Gasteiger partial charge < -0.3 is 14.2 Å². The van der Waals surface area contributed by atoms with Gasteiger partial charge in [0.2, 0.25) is 5.78 Å². The van der Waals surface area contributed by atoms with E-state index in [4.69, 9.17) is 16.3 Å². The molecule has 0 fully saturated rings. The summed E-state index contributed by atoms with van der Waals surface area (Å²) < 4.78 is 52.2. The van der Waals surface area contributed by atoms with E-state index < -0.39 is 69.5 Å². The molecule has 10 nitrogen and oxygen atoms in total. The number of nitrogens with zero attached hydrogens (tertiary/aromatic N) is 1. The first kappa shape index (κ1) is 26.3. The van der Waals surface area contributed by atoms with Gasteiger partial charge in [0.15, 0.2) is 12.4 Å². The molecule has 34 heavy (non-hydrogen) atoms. The second-order valence-corrected chi connectivity index (χ2v) is 6.76. The number of methoxy groups -OCH3 is 1. The molecule has 0 aromatic heterocycles. The molecular weight excluding hydrogens is 491 g/mol. The summed E-state index contributed by atoms with van der Waals surface area (Å²) in [5, 5.41) is 10.8. The van der Waals surface area contributed by atoms with E-state index in [0.717, 1.165) is 31.4 Å². The van der Waals surface area contributed by atoms with Crippen molar-refractivity contribution >= 4 is 40.8 Å². The van der Waals surface area contributed by atoms with Crippen LogP contribution >= 0.6 is 11.6 Å². The van der Waals surface area contributed by atoms with Gasteiger partial charge in [-0.3, -0.25) is 19.7 Å². The molecule has 180 valence electrons. The average Bonchev–Trinajstić information content (AvgIpc) is 2.77. The van der Waals surface area contributed by atoms with Gasteiger partial charge in [-0.1, -0.05) is 11.6 Å². The van der Waals surface area contributed by atoms with Crippen LogP contribution in [0.2, 0.25) is 5.02 Å². The maximum atomic E-state index is 12.8. The first-order chi connectivity index (χ1) is 15.8. The second-order valence-electron chi connectivity index (χ2n) is 6.36. The minimum absolute atomic E-state index is 0.226. The number of hydrogen-bond acceptors (Lipinski definition) is 9. The SMILES string of the molecule is COC(=O)COC(=O)C(=O)CC(=O)c1cc(Oc2ccc(C(F)(F)F)cc2Cl)ccc1[N+](=O)[O-]. The Hall–Kier alpha value is -4.00. The molecule has 2 aromatic rings. The molecule has 14 heteroatoms. The molecule has 0 aliphatic rings. The van der Waals surface area contributed by atoms with Gasteiger partial charge in [-0.05, 0) is 30.3 Å². The number of carbonyl (C=O) groups is 4. The summed E-state index contributed by atoms with van der Waals surface area (Å²) in [6.07, 6.45) is -5.79. The highest BCUT2D eigenvalue weighted by Gasteiger charge is 2.31. The molecule has 0 aliphatic carbocycles. The first-order valence-electron chi connectivity index (χ1n) is 8.96. The molecule has 0 N–H and O–H groups in total. The van der Waals surface area contributed by atoms with Crippen LogP contribution in [0, 0.1) is 10.1 Å². The standard InChI is InChI=1S/C20H13ClF3NO9/c1-32-18(28)9-33-19(29)16(27)8-15(26)12-7-11(3-4-14(12)25(30)31)34-17-5-2-10(6-13(17)21)20(22,23)24/h2-7H,8-9H2,1H3. The predicted octanol–water partition coefficient (Wildman–Crippen LogP) is 3.92. The number of nitro groups is 1. The summed E-state index contributed by atoms with van der Waals surface area (Å²) >= 11 is 5.81. The monoisotopic (exact) mass is 503 g/mol. The Kier molecular flexibility index (Phi) is 8.30. The molecule has 0 saturated heterocycles. The number of halogens is 4. The third kappa shape index (κ3) is 6.75.